The predicted molar refractivity (Wildman–Crippen MR) is 73.1 cm³/mol. The van der Waals surface area contributed by atoms with E-state index in [9.17, 15) is 4.79 Å². The second kappa shape index (κ2) is 4.98. The standard InChI is InChI=1S/C14H16N2OS/c1-14(2,3)12-9-18-13(16-12)8-11(17)10-6-4-5-7-15-10/h4-7,9H,8H2,1-3H3. The summed E-state index contributed by atoms with van der Waals surface area (Å²) in [5.41, 5.74) is 1.57. The summed E-state index contributed by atoms with van der Waals surface area (Å²) < 4.78 is 0. The average molecular weight is 260 g/mol. The van der Waals surface area contributed by atoms with E-state index in [4.69, 9.17) is 0 Å². The summed E-state index contributed by atoms with van der Waals surface area (Å²) >= 11 is 1.54. The molecular formula is C14H16N2OS. The Morgan fingerprint density at radius 3 is 2.67 bits per heavy atom. The fourth-order valence-corrected chi connectivity index (χ4v) is 2.51. The van der Waals surface area contributed by atoms with Gasteiger partial charge in [-0.1, -0.05) is 26.8 Å². The summed E-state index contributed by atoms with van der Waals surface area (Å²) in [4.78, 5) is 20.6. The highest BCUT2D eigenvalue weighted by atomic mass is 32.1. The van der Waals surface area contributed by atoms with Crippen molar-refractivity contribution in [2.45, 2.75) is 32.6 Å². The Kier molecular flexibility index (Phi) is 3.57. The van der Waals surface area contributed by atoms with Gasteiger partial charge in [0.2, 0.25) is 0 Å². The fraction of sp³-hybridized carbons (Fsp3) is 0.357. The SMILES string of the molecule is CC(C)(C)c1csc(CC(=O)c2ccccn2)n1. The van der Waals surface area contributed by atoms with E-state index in [0.717, 1.165) is 10.7 Å². The lowest BCUT2D eigenvalue weighted by atomic mass is 9.93. The molecule has 0 saturated carbocycles. The van der Waals surface area contributed by atoms with Crippen LogP contribution in [-0.4, -0.2) is 15.8 Å². The van der Waals surface area contributed by atoms with Crippen LogP contribution in [0.2, 0.25) is 0 Å². The number of hydrogen-bond donors (Lipinski definition) is 0. The van der Waals surface area contributed by atoms with Gasteiger partial charge in [-0.05, 0) is 12.1 Å². The third-order valence-corrected chi connectivity index (χ3v) is 3.43. The van der Waals surface area contributed by atoms with E-state index in [1.807, 2.05) is 11.4 Å². The number of hydrogen-bond acceptors (Lipinski definition) is 4. The fourth-order valence-electron chi connectivity index (χ4n) is 1.49. The first-order valence-electron chi connectivity index (χ1n) is 5.86. The molecular weight excluding hydrogens is 244 g/mol. The second-order valence-electron chi connectivity index (χ2n) is 5.19. The van der Waals surface area contributed by atoms with Gasteiger partial charge in [0.1, 0.15) is 10.7 Å². The smallest absolute Gasteiger partial charge is 0.187 e. The minimum Gasteiger partial charge on any atom is -0.292 e. The molecule has 0 saturated heterocycles. The maximum absolute atomic E-state index is 12.0. The van der Waals surface area contributed by atoms with Crippen LogP contribution in [0.1, 0.15) is 42.0 Å². The lowest BCUT2D eigenvalue weighted by Gasteiger charge is -2.14. The van der Waals surface area contributed by atoms with Gasteiger partial charge in [-0.15, -0.1) is 11.3 Å². The number of carbonyl (C=O) groups is 1. The molecule has 0 aliphatic rings. The number of Topliss-reactive ketones (excluding diaryl/α,β-unsaturated/α-hetero) is 1. The highest BCUT2D eigenvalue weighted by Gasteiger charge is 2.18. The van der Waals surface area contributed by atoms with Gasteiger partial charge in [-0.2, -0.15) is 0 Å². The average Bonchev–Trinajstić information content (AvgIpc) is 2.78. The van der Waals surface area contributed by atoms with Crippen LogP contribution in [-0.2, 0) is 11.8 Å². The molecule has 2 aromatic rings. The zero-order valence-corrected chi connectivity index (χ0v) is 11.6. The van der Waals surface area contributed by atoms with Crippen molar-refractivity contribution in [1.29, 1.82) is 0 Å². The molecule has 0 atom stereocenters. The molecule has 0 aliphatic heterocycles. The topological polar surface area (TPSA) is 42.9 Å². The van der Waals surface area contributed by atoms with Gasteiger partial charge in [0, 0.05) is 17.0 Å². The Morgan fingerprint density at radius 2 is 2.11 bits per heavy atom. The molecule has 2 heterocycles. The van der Waals surface area contributed by atoms with E-state index < -0.39 is 0 Å². The maximum atomic E-state index is 12.0. The molecule has 0 amide bonds. The van der Waals surface area contributed by atoms with Crippen molar-refractivity contribution in [1.82, 2.24) is 9.97 Å². The Hall–Kier alpha value is -1.55. The van der Waals surface area contributed by atoms with Crippen LogP contribution in [0.5, 0.6) is 0 Å². The third kappa shape index (κ3) is 3.01. The first kappa shape index (κ1) is 12.9. The van der Waals surface area contributed by atoms with Gasteiger partial charge in [-0.25, -0.2) is 4.98 Å². The normalized spacial score (nSPS) is 11.5. The molecule has 0 spiro atoms. The molecule has 18 heavy (non-hydrogen) atoms. The minimum atomic E-state index is 0.0189. The van der Waals surface area contributed by atoms with Gasteiger partial charge in [0.25, 0.3) is 0 Å². The lowest BCUT2D eigenvalue weighted by Crippen LogP contribution is -2.12. The number of nitrogens with zero attached hydrogens (tertiary/aromatic N) is 2. The monoisotopic (exact) mass is 260 g/mol. The quantitative estimate of drug-likeness (QED) is 0.795. The molecule has 2 rings (SSSR count). The molecule has 0 aromatic carbocycles. The Morgan fingerprint density at radius 1 is 1.33 bits per heavy atom. The Labute approximate surface area is 111 Å². The molecule has 2 aromatic heterocycles. The summed E-state index contributed by atoms with van der Waals surface area (Å²) in [5, 5.41) is 2.89. The number of aromatic nitrogens is 2. The lowest BCUT2D eigenvalue weighted by molar-refractivity contribution is 0.0988. The highest BCUT2D eigenvalue weighted by Crippen LogP contribution is 2.24. The molecule has 0 N–H and O–H groups in total. The van der Waals surface area contributed by atoms with E-state index in [-0.39, 0.29) is 11.2 Å². The first-order chi connectivity index (χ1) is 8.47. The molecule has 94 valence electrons. The van der Waals surface area contributed by atoms with Gasteiger partial charge >= 0.3 is 0 Å². The van der Waals surface area contributed by atoms with Crippen LogP contribution in [0.3, 0.4) is 0 Å². The molecule has 0 fully saturated rings. The predicted octanol–water partition coefficient (Wildman–Crippen LogP) is 3.26. The van der Waals surface area contributed by atoms with Crippen LogP contribution in [0, 0.1) is 0 Å². The molecule has 0 aliphatic carbocycles. The number of pyridine rings is 1. The zero-order chi connectivity index (χ0) is 13.2. The van der Waals surface area contributed by atoms with Crippen molar-refractivity contribution in [3.8, 4) is 0 Å². The van der Waals surface area contributed by atoms with E-state index in [1.54, 1.807) is 18.3 Å². The maximum Gasteiger partial charge on any atom is 0.187 e. The van der Waals surface area contributed by atoms with Crippen LogP contribution in [0.4, 0.5) is 0 Å². The van der Waals surface area contributed by atoms with Gasteiger partial charge in [0.15, 0.2) is 5.78 Å². The highest BCUT2D eigenvalue weighted by molar-refractivity contribution is 7.09. The van der Waals surface area contributed by atoms with Gasteiger partial charge in [-0.3, -0.25) is 9.78 Å². The second-order valence-corrected chi connectivity index (χ2v) is 6.13. The summed E-state index contributed by atoms with van der Waals surface area (Å²) in [7, 11) is 0. The number of ketones is 1. The van der Waals surface area contributed by atoms with Crippen molar-refractivity contribution >= 4 is 17.1 Å². The van der Waals surface area contributed by atoms with Crippen molar-refractivity contribution in [3.63, 3.8) is 0 Å². The minimum absolute atomic E-state index is 0.0189. The first-order valence-corrected chi connectivity index (χ1v) is 6.74. The van der Waals surface area contributed by atoms with E-state index in [1.165, 1.54) is 11.3 Å². The third-order valence-electron chi connectivity index (χ3n) is 2.58. The van der Waals surface area contributed by atoms with Crippen LogP contribution >= 0.6 is 11.3 Å². The largest absolute Gasteiger partial charge is 0.292 e. The molecule has 0 unspecified atom stereocenters. The molecule has 4 heteroatoms. The van der Waals surface area contributed by atoms with E-state index in [0.29, 0.717) is 12.1 Å². The molecule has 3 nitrogen and oxygen atoms in total. The number of rotatable bonds is 3. The molecule has 0 radical (unpaired) electrons. The number of thiazole rings is 1. The Balaban J connectivity index is 2.11. The summed E-state index contributed by atoms with van der Waals surface area (Å²) in [6.45, 7) is 6.35. The van der Waals surface area contributed by atoms with Crippen molar-refractivity contribution in [2.24, 2.45) is 0 Å². The van der Waals surface area contributed by atoms with Crippen molar-refractivity contribution < 1.29 is 4.79 Å². The number of carbonyl (C=O) groups excluding carboxylic acids is 1. The van der Waals surface area contributed by atoms with Crippen molar-refractivity contribution in [3.05, 3.63) is 46.2 Å². The van der Waals surface area contributed by atoms with Crippen LogP contribution in [0.25, 0.3) is 0 Å². The Bertz CT molecular complexity index is 540. The van der Waals surface area contributed by atoms with Crippen LogP contribution in [0.15, 0.2) is 29.8 Å². The van der Waals surface area contributed by atoms with E-state index in [2.05, 4.69) is 30.7 Å². The zero-order valence-electron chi connectivity index (χ0n) is 10.8. The summed E-state index contributed by atoms with van der Waals surface area (Å²) in [6, 6.07) is 5.36. The van der Waals surface area contributed by atoms with Crippen LogP contribution < -0.4 is 0 Å². The van der Waals surface area contributed by atoms with E-state index >= 15 is 0 Å². The summed E-state index contributed by atoms with van der Waals surface area (Å²) in [6.07, 6.45) is 1.97. The molecule has 0 bridgehead atoms. The van der Waals surface area contributed by atoms with Crippen molar-refractivity contribution in [2.75, 3.05) is 0 Å². The van der Waals surface area contributed by atoms with Gasteiger partial charge < -0.3 is 0 Å². The van der Waals surface area contributed by atoms with Gasteiger partial charge in [0.05, 0.1) is 12.1 Å². The summed E-state index contributed by atoms with van der Waals surface area (Å²) in [5.74, 6) is 0.0189.